The lowest BCUT2D eigenvalue weighted by Gasteiger charge is -2.27. The molecule has 0 amide bonds. The van der Waals surface area contributed by atoms with Crippen LogP contribution in [0, 0.1) is 0 Å². The van der Waals surface area contributed by atoms with Crippen LogP contribution in [0.3, 0.4) is 0 Å². The zero-order valence-electron chi connectivity index (χ0n) is 42.3. The third-order valence-corrected chi connectivity index (χ3v) is 11.1. The third kappa shape index (κ3) is 17.0. The van der Waals surface area contributed by atoms with Gasteiger partial charge in [-0.3, -0.25) is 0 Å². The zero-order chi connectivity index (χ0) is 48.1. The molecule has 1 atom stereocenters. The van der Waals surface area contributed by atoms with Crippen LogP contribution in [0.5, 0.6) is 0 Å². The van der Waals surface area contributed by atoms with E-state index in [4.69, 9.17) is 0 Å². The Labute approximate surface area is 397 Å². The van der Waals surface area contributed by atoms with Crippen LogP contribution in [0.2, 0.25) is 0 Å². The van der Waals surface area contributed by atoms with Gasteiger partial charge in [-0.05, 0) is 157 Å². The lowest BCUT2D eigenvalue weighted by Crippen LogP contribution is -2.15. The molecule has 0 radical (unpaired) electrons. The molecule has 0 bridgehead atoms. The van der Waals surface area contributed by atoms with Gasteiger partial charge >= 0.3 is 0 Å². The zero-order valence-corrected chi connectivity index (χ0v) is 42.3. The van der Waals surface area contributed by atoms with Crippen LogP contribution >= 0.6 is 0 Å². The summed E-state index contributed by atoms with van der Waals surface area (Å²) >= 11 is 0. The van der Waals surface area contributed by atoms with Gasteiger partial charge < -0.3 is 4.90 Å². The van der Waals surface area contributed by atoms with Gasteiger partial charge in [-0.2, -0.15) is 0 Å². The van der Waals surface area contributed by atoms with Crippen LogP contribution in [0.4, 0.5) is 11.4 Å². The quantitative estimate of drug-likeness (QED) is 0.0665. The van der Waals surface area contributed by atoms with Crippen LogP contribution in [0.25, 0.3) is 22.4 Å². The van der Waals surface area contributed by atoms with Crippen molar-refractivity contribution in [2.45, 2.75) is 121 Å². The van der Waals surface area contributed by atoms with Crippen LogP contribution in [0.15, 0.2) is 212 Å². The van der Waals surface area contributed by atoms with Gasteiger partial charge in [0.25, 0.3) is 0 Å². The van der Waals surface area contributed by atoms with Crippen molar-refractivity contribution in [1.29, 1.82) is 0 Å². The minimum atomic E-state index is 0.271. The highest BCUT2D eigenvalue weighted by molar-refractivity contribution is 5.92. The first-order valence-corrected chi connectivity index (χ1v) is 24.0. The van der Waals surface area contributed by atoms with E-state index < -0.39 is 0 Å². The predicted octanol–water partition coefficient (Wildman–Crippen LogP) is 20.1. The average Bonchev–Trinajstić information content (AvgIpc) is 3.35. The van der Waals surface area contributed by atoms with Crippen molar-refractivity contribution in [1.82, 2.24) is 0 Å². The summed E-state index contributed by atoms with van der Waals surface area (Å²) in [6.45, 7) is 38.2. The lowest BCUT2D eigenvalue weighted by atomic mass is 9.89. The maximum absolute atomic E-state index is 4.48. The second-order valence-electron chi connectivity index (χ2n) is 16.0. The van der Waals surface area contributed by atoms with E-state index in [-0.39, 0.29) is 5.92 Å². The highest BCUT2D eigenvalue weighted by Gasteiger charge is 2.16. The Hall–Kier alpha value is -6.18. The van der Waals surface area contributed by atoms with E-state index in [0.717, 1.165) is 51.3 Å². The molecule has 0 aliphatic rings. The monoisotopic (exact) mass is 864 g/mol. The van der Waals surface area contributed by atoms with Gasteiger partial charge in [0.15, 0.2) is 0 Å². The minimum absolute atomic E-state index is 0.271. The van der Waals surface area contributed by atoms with E-state index >= 15 is 0 Å². The van der Waals surface area contributed by atoms with Gasteiger partial charge in [0.1, 0.15) is 0 Å². The molecule has 65 heavy (non-hydrogen) atoms. The van der Waals surface area contributed by atoms with Gasteiger partial charge in [0.05, 0.1) is 0 Å². The maximum atomic E-state index is 4.48. The molecule has 5 rings (SSSR count). The van der Waals surface area contributed by atoms with Gasteiger partial charge in [0.2, 0.25) is 0 Å². The number of unbranched alkanes of at least 4 members (excludes halogenated alkanes) is 1. The number of allylic oxidation sites excluding steroid dienone is 13. The van der Waals surface area contributed by atoms with E-state index in [9.17, 15) is 0 Å². The molecule has 0 heterocycles. The van der Waals surface area contributed by atoms with Gasteiger partial charge in [-0.25, -0.2) is 0 Å². The summed E-state index contributed by atoms with van der Waals surface area (Å²) in [6, 6.07) is 41.6. The Bertz CT molecular complexity index is 2390. The molecular weight excluding hydrogens is 783 g/mol. The van der Waals surface area contributed by atoms with Crippen LogP contribution < -0.4 is 4.90 Å². The van der Waals surface area contributed by atoms with Crippen molar-refractivity contribution in [3.63, 3.8) is 0 Å². The molecule has 0 aliphatic carbocycles. The number of anilines is 2. The van der Waals surface area contributed by atoms with Gasteiger partial charge in [0, 0.05) is 17.1 Å². The topological polar surface area (TPSA) is 3.24 Å². The Morgan fingerprint density at radius 3 is 1.82 bits per heavy atom. The molecule has 0 aromatic heterocycles. The number of hydrogen-bond acceptors (Lipinski definition) is 1. The molecule has 1 unspecified atom stereocenters. The van der Waals surface area contributed by atoms with Gasteiger partial charge in [-0.15, -0.1) is 0 Å². The normalized spacial score (nSPS) is 12.0. The molecule has 342 valence electrons. The molecule has 5 aromatic rings. The van der Waals surface area contributed by atoms with Crippen molar-refractivity contribution >= 4 is 33.8 Å². The number of fused-ring (bicyclic) bond motifs is 1. The summed E-state index contributed by atoms with van der Waals surface area (Å²) in [5, 5.41) is 2.34. The number of hydrogen-bond donors (Lipinski definition) is 0. The molecule has 5 aromatic carbocycles. The van der Waals surface area contributed by atoms with Crippen molar-refractivity contribution in [3.8, 4) is 0 Å². The smallest absolute Gasteiger partial charge is 0.0467 e. The van der Waals surface area contributed by atoms with Crippen molar-refractivity contribution in [2.24, 2.45) is 0 Å². The lowest BCUT2D eigenvalue weighted by molar-refractivity contribution is 0.886. The van der Waals surface area contributed by atoms with Crippen molar-refractivity contribution in [3.05, 3.63) is 239 Å². The molecule has 1 nitrogen and oxygen atoms in total. The number of rotatable bonds is 17. The van der Waals surface area contributed by atoms with E-state index in [0.29, 0.717) is 0 Å². The molecular formula is C64H81N. The number of nitrogens with zero attached hydrogens (tertiary/aromatic N) is 1. The Morgan fingerprint density at radius 1 is 0.677 bits per heavy atom. The number of benzene rings is 5. The fourth-order valence-electron chi connectivity index (χ4n) is 7.20. The second kappa shape index (κ2) is 30.8. The highest BCUT2D eigenvalue weighted by Crippen LogP contribution is 2.36. The molecule has 1 heteroatoms. The van der Waals surface area contributed by atoms with Crippen molar-refractivity contribution < 1.29 is 0 Å². The molecule has 0 spiro atoms. The molecule has 0 N–H and O–H groups in total. The average molecular weight is 864 g/mol. The molecule has 0 fully saturated rings. The summed E-state index contributed by atoms with van der Waals surface area (Å²) in [5.74, 6) is 0.271. The van der Waals surface area contributed by atoms with Gasteiger partial charge in [-0.1, -0.05) is 220 Å². The largest absolute Gasteiger partial charge is 0.311 e. The molecule has 0 aliphatic heterocycles. The van der Waals surface area contributed by atoms with E-state index in [1.165, 1.54) is 64.3 Å². The molecule has 0 saturated heterocycles. The maximum Gasteiger partial charge on any atom is 0.0467 e. The summed E-state index contributed by atoms with van der Waals surface area (Å²) in [7, 11) is 0. The first-order chi connectivity index (χ1) is 31.5. The third-order valence-electron chi connectivity index (χ3n) is 11.1. The first kappa shape index (κ1) is 55.0. The van der Waals surface area contributed by atoms with Crippen molar-refractivity contribution in [2.75, 3.05) is 4.90 Å². The van der Waals surface area contributed by atoms with E-state index in [1.54, 1.807) is 0 Å². The Balaban J connectivity index is 0.00000108. The van der Waals surface area contributed by atoms with Crippen LogP contribution in [-0.4, -0.2) is 0 Å². The minimum Gasteiger partial charge on any atom is -0.311 e. The van der Waals surface area contributed by atoms with E-state index in [1.807, 2.05) is 32.9 Å². The van der Waals surface area contributed by atoms with Crippen LogP contribution in [-0.2, 0) is 6.42 Å². The Morgan fingerprint density at radius 2 is 1.26 bits per heavy atom. The first-order valence-electron chi connectivity index (χ1n) is 24.0. The summed E-state index contributed by atoms with van der Waals surface area (Å²) in [6.07, 6.45) is 25.0. The fourth-order valence-corrected chi connectivity index (χ4v) is 7.20. The second-order valence-corrected chi connectivity index (χ2v) is 16.0. The standard InChI is InChI=1S/C52H53N.C6H12.C4H10.C2H6/c1-10-19-52(37(5)6)40(9)39(8)51(13-4)47-28-27-46-36-50(33-29-45(46)35-47)53(48(12-3)30-24-38(7)43-21-15-14-16-22-43)49-31-25-41(26-32-49)34-44-23-18-17-20-42(44)11-2;1-3-5-6-4-2;1-3-4-2;1-2/h10-33,35-36,38H,2,4,9,34H2,1,3,5-8H3;5-6H,3-4H2,1-2H3;3-4H2,1-2H3;1-2H3/b19-10-,30-24-,48-12+,51-39+;6-5-;;. The SMILES string of the molecule is C=C/C(=C(/C)C(=C)C(/C=C\C)=C(C)C)c1ccc2cc(N(C(/C=C\C(C)c3ccccc3)=C/C)c3ccc(Cc4ccccc4C=C)cc3)ccc2c1.CC.CC/C=C\CC.CCCC. The predicted molar refractivity (Wildman–Crippen MR) is 296 cm³/mol. The van der Waals surface area contributed by atoms with E-state index in [2.05, 4.69) is 245 Å². The summed E-state index contributed by atoms with van der Waals surface area (Å²) in [5.41, 5.74) is 15.1. The molecule has 0 saturated carbocycles. The summed E-state index contributed by atoms with van der Waals surface area (Å²) < 4.78 is 0. The van der Waals surface area contributed by atoms with Crippen LogP contribution in [0.1, 0.15) is 143 Å². The fraction of sp³-hybridized carbons (Fsp3) is 0.281. The highest BCUT2D eigenvalue weighted by atomic mass is 15.1. The Kier molecular flexibility index (Phi) is 26.1. The summed E-state index contributed by atoms with van der Waals surface area (Å²) in [4.78, 5) is 2.36.